The van der Waals surface area contributed by atoms with E-state index in [1.807, 2.05) is 35.0 Å². The fraction of sp³-hybridized carbons (Fsp3) is 0.222. The van der Waals surface area contributed by atoms with Gasteiger partial charge in [0.05, 0.1) is 13.2 Å². The quantitative estimate of drug-likeness (QED) is 0.728. The van der Waals surface area contributed by atoms with Crippen molar-refractivity contribution in [1.82, 2.24) is 5.32 Å². The van der Waals surface area contributed by atoms with Crippen molar-refractivity contribution in [2.24, 2.45) is 0 Å². The molecule has 0 saturated carbocycles. The van der Waals surface area contributed by atoms with Gasteiger partial charge in [-0.15, -0.1) is 0 Å². The van der Waals surface area contributed by atoms with Crippen LogP contribution in [0.25, 0.3) is 10.8 Å². The summed E-state index contributed by atoms with van der Waals surface area (Å²) in [6.07, 6.45) is -0.479. The second-order valence-electron chi connectivity index (χ2n) is 5.17. The van der Waals surface area contributed by atoms with Crippen LogP contribution < -0.4 is 10.1 Å². The van der Waals surface area contributed by atoms with Gasteiger partial charge in [-0.1, -0.05) is 30.3 Å². The van der Waals surface area contributed by atoms with Gasteiger partial charge in [-0.2, -0.15) is 11.3 Å². The maximum Gasteiger partial charge on any atom is 0.123 e. The summed E-state index contributed by atoms with van der Waals surface area (Å²) in [5.74, 6) is 0.872. The Labute approximate surface area is 134 Å². The summed E-state index contributed by atoms with van der Waals surface area (Å²) in [5.41, 5.74) is 2.08. The molecule has 0 saturated heterocycles. The highest BCUT2D eigenvalue weighted by atomic mass is 32.1. The maximum absolute atomic E-state index is 10.1. The molecule has 22 heavy (non-hydrogen) atoms. The summed E-state index contributed by atoms with van der Waals surface area (Å²) in [5, 5.41) is 19.8. The lowest BCUT2D eigenvalue weighted by Crippen LogP contribution is -2.21. The van der Waals surface area contributed by atoms with E-state index in [4.69, 9.17) is 4.74 Å². The molecule has 1 unspecified atom stereocenters. The number of methoxy groups -OCH3 is 1. The molecule has 0 fully saturated rings. The fourth-order valence-electron chi connectivity index (χ4n) is 2.61. The van der Waals surface area contributed by atoms with E-state index >= 15 is 0 Å². The highest BCUT2D eigenvalue weighted by Gasteiger charge is 2.10. The topological polar surface area (TPSA) is 41.5 Å². The number of hydrogen-bond donors (Lipinski definition) is 2. The number of fused-ring (bicyclic) bond motifs is 1. The summed E-state index contributed by atoms with van der Waals surface area (Å²) in [6, 6.07) is 14.3. The summed E-state index contributed by atoms with van der Waals surface area (Å²) in [4.78, 5) is 0. The van der Waals surface area contributed by atoms with Gasteiger partial charge in [-0.25, -0.2) is 0 Å². The van der Waals surface area contributed by atoms with Gasteiger partial charge in [-0.3, -0.25) is 0 Å². The van der Waals surface area contributed by atoms with Crippen LogP contribution in [0.4, 0.5) is 0 Å². The third-order valence-corrected chi connectivity index (χ3v) is 4.49. The Bertz CT molecular complexity index is 740. The molecule has 0 aliphatic heterocycles. The zero-order chi connectivity index (χ0) is 15.4. The van der Waals surface area contributed by atoms with Gasteiger partial charge in [0, 0.05) is 18.7 Å². The van der Waals surface area contributed by atoms with Crippen molar-refractivity contribution in [2.45, 2.75) is 12.6 Å². The average Bonchev–Trinajstić information content (AvgIpc) is 3.09. The molecule has 0 spiro atoms. The van der Waals surface area contributed by atoms with Crippen LogP contribution in [0.3, 0.4) is 0 Å². The Morgan fingerprint density at radius 2 is 2.05 bits per heavy atom. The number of benzene rings is 2. The molecule has 1 aromatic heterocycles. The molecule has 2 N–H and O–H groups in total. The molecule has 3 aromatic rings. The lowest BCUT2D eigenvalue weighted by Gasteiger charge is -2.15. The summed E-state index contributed by atoms with van der Waals surface area (Å²) in [6.45, 7) is 1.18. The number of nitrogens with one attached hydrogen (secondary N) is 1. The van der Waals surface area contributed by atoms with E-state index in [1.54, 1.807) is 18.4 Å². The lowest BCUT2D eigenvalue weighted by atomic mass is 10.0. The molecule has 4 heteroatoms. The smallest absolute Gasteiger partial charge is 0.123 e. The summed E-state index contributed by atoms with van der Waals surface area (Å²) in [7, 11) is 1.69. The first-order valence-corrected chi connectivity index (χ1v) is 8.19. The molecule has 1 atom stereocenters. The van der Waals surface area contributed by atoms with Crippen molar-refractivity contribution in [2.75, 3.05) is 13.7 Å². The van der Waals surface area contributed by atoms with Crippen LogP contribution in [0, 0.1) is 0 Å². The van der Waals surface area contributed by atoms with Crippen LogP contribution in [0.15, 0.2) is 53.2 Å². The van der Waals surface area contributed by atoms with Crippen molar-refractivity contribution in [3.8, 4) is 5.75 Å². The molecule has 114 valence electrons. The first-order chi connectivity index (χ1) is 10.8. The highest BCUT2D eigenvalue weighted by Crippen LogP contribution is 2.28. The second-order valence-corrected chi connectivity index (χ2v) is 5.95. The van der Waals surface area contributed by atoms with Crippen LogP contribution in [-0.4, -0.2) is 18.8 Å². The van der Waals surface area contributed by atoms with Gasteiger partial charge >= 0.3 is 0 Å². The van der Waals surface area contributed by atoms with Gasteiger partial charge in [0.15, 0.2) is 0 Å². The van der Waals surface area contributed by atoms with Crippen molar-refractivity contribution < 1.29 is 9.84 Å². The normalized spacial score (nSPS) is 12.5. The van der Waals surface area contributed by atoms with Crippen LogP contribution in [0.1, 0.15) is 17.2 Å². The minimum absolute atomic E-state index is 0.479. The second kappa shape index (κ2) is 6.92. The molecule has 0 aliphatic carbocycles. The SMILES string of the molecule is COc1ccc2ccccc2c1CNCC(O)c1ccsc1. The van der Waals surface area contributed by atoms with E-state index in [2.05, 4.69) is 23.5 Å². The van der Waals surface area contributed by atoms with Crippen molar-refractivity contribution >= 4 is 22.1 Å². The number of hydrogen-bond acceptors (Lipinski definition) is 4. The third-order valence-electron chi connectivity index (χ3n) is 3.78. The van der Waals surface area contributed by atoms with Gasteiger partial charge in [0.2, 0.25) is 0 Å². The Morgan fingerprint density at radius 1 is 1.18 bits per heavy atom. The predicted molar refractivity (Wildman–Crippen MR) is 91.5 cm³/mol. The predicted octanol–water partition coefficient (Wildman–Crippen LogP) is 3.73. The monoisotopic (exact) mass is 313 g/mol. The van der Waals surface area contributed by atoms with Gasteiger partial charge in [-0.05, 0) is 39.2 Å². The van der Waals surface area contributed by atoms with E-state index in [-0.39, 0.29) is 0 Å². The van der Waals surface area contributed by atoms with Crippen molar-refractivity contribution in [1.29, 1.82) is 0 Å². The van der Waals surface area contributed by atoms with E-state index in [0.29, 0.717) is 13.1 Å². The Balaban J connectivity index is 1.75. The van der Waals surface area contributed by atoms with Crippen molar-refractivity contribution in [3.05, 3.63) is 64.4 Å². The molecule has 0 aliphatic rings. The first kappa shape index (κ1) is 15.0. The Morgan fingerprint density at radius 3 is 2.82 bits per heavy atom. The van der Waals surface area contributed by atoms with Crippen LogP contribution in [0.2, 0.25) is 0 Å². The molecule has 3 rings (SSSR count). The lowest BCUT2D eigenvalue weighted by molar-refractivity contribution is 0.174. The molecular formula is C18H19NO2S. The standard InChI is InChI=1S/C18H19NO2S/c1-21-18-7-6-13-4-2-3-5-15(13)16(18)10-19-11-17(20)14-8-9-22-12-14/h2-9,12,17,19-20H,10-11H2,1H3. The summed E-state index contributed by atoms with van der Waals surface area (Å²) < 4.78 is 5.48. The number of thiophene rings is 1. The van der Waals surface area contributed by atoms with E-state index in [9.17, 15) is 5.11 Å². The Hall–Kier alpha value is -1.88. The number of rotatable bonds is 6. The third kappa shape index (κ3) is 3.14. The van der Waals surface area contributed by atoms with Gasteiger partial charge in [0.1, 0.15) is 5.75 Å². The average molecular weight is 313 g/mol. The van der Waals surface area contributed by atoms with Crippen molar-refractivity contribution in [3.63, 3.8) is 0 Å². The van der Waals surface area contributed by atoms with Crippen LogP contribution >= 0.6 is 11.3 Å². The minimum Gasteiger partial charge on any atom is -0.496 e. The number of aliphatic hydroxyl groups is 1. The molecule has 0 bridgehead atoms. The number of aliphatic hydroxyl groups excluding tert-OH is 1. The Kier molecular flexibility index (Phi) is 4.73. The van der Waals surface area contributed by atoms with E-state index in [0.717, 1.165) is 16.9 Å². The zero-order valence-corrected chi connectivity index (χ0v) is 13.3. The van der Waals surface area contributed by atoms with Gasteiger partial charge < -0.3 is 15.2 Å². The van der Waals surface area contributed by atoms with Crippen LogP contribution in [-0.2, 0) is 6.54 Å². The molecule has 2 aromatic carbocycles. The van der Waals surface area contributed by atoms with Crippen LogP contribution in [0.5, 0.6) is 5.75 Å². The zero-order valence-electron chi connectivity index (χ0n) is 12.5. The van der Waals surface area contributed by atoms with Gasteiger partial charge in [0.25, 0.3) is 0 Å². The molecule has 3 nitrogen and oxygen atoms in total. The molecular weight excluding hydrogens is 294 g/mol. The highest BCUT2D eigenvalue weighted by molar-refractivity contribution is 7.07. The maximum atomic E-state index is 10.1. The summed E-state index contributed by atoms with van der Waals surface area (Å²) >= 11 is 1.60. The first-order valence-electron chi connectivity index (χ1n) is 7.25. The molecule has 0 radical (unpaired) electrons. The number of ether oxygens (including phenoxy) is 1. The molecule has 0 amide bonds. The van der Waals surface area contributed by atoms with E-state index in [1.165, 1.54) is 10.8 Å². The fourth-order valence-corrected chi connectivity index (χ4v) is 3.31. The molecule has 1 heterocycles. The largest absolute Gasteiger partial charge is 0.496 e. The minimum atomic E-state index is -0.479. The van der Waals surface area contributed by atoms with E-state index < -0.39 is 6.10 Å².